The van der Waals surface area contributed by atoms with Gasteiger partial charge in [-0.2, -0.15) is 0 Å². The fourth-order valence-corrected chi connectivity index (χ4v) is 3.57. The summed E-state index contributed by atoms with van der Waals surface area (Å²) in [5.41, 5.74) is 2.71. The summed E-state index contributed by atoms with van der Waals surface area (Å²) in [7, 11) is 0. The second kappa shape index (κ2) is 8.10. The van der Waals surface area contributed by atoms with Crippen LogP contribution in [0.1, 0.15) is 36.0 Å². The molecule has 0 bridgehead atoms. The van der Waals surface area contributed by atoms with Crippen molar-refractivity contribution in [2.45, 2.75) is 31.7 Å². The molecule has 0 radical (unpaired) electrons. The van der Waals surface area contributed by atoms with Gasteiger partial charge in [0.2, 0.25) is 0 Å². The first kappa shape index (κ1) is 18.6. The third-order valence-corrected chi connectivity index (χ3v) is 5.18. The van der Waals surface area contributed by atoms with Crippen molar-refractivity contribution in [1.29, 1.82) is 0 Å². The molecule has 2 aromatic rings. The first-order valence-corrected chi connectivity index (χ1v) is 10.00. The van der Waals surface area contributed by atoms with Gasteiger partial charge >= 0.3 is 6.03 Å². The Morgan fingerprint density at radius 3 is 2.36 bits per heavy atom. The van der Waals surface area contributed by atoms with Crippen molar-refractivity contribution in [3.05, 3.63) is 53.1 Å². The number of hydrogen-bond donors (Lipinski definition) is 3. The normalized spacial score (nSPS) is 16.0. The smallest absolute Gasteiger partial charge is 0.323 e. The Morgan fingerprint density at radius 2 is 1.68 bits per heavy atom. The Labute approximate surface area is 169 Å². The van der Waals surface area contributed by atoms with Crippen LogP contribution in [-0.2, 0) is 0 Å². The number of benzene rings is 2. The molecule has 0 aromatic heterocycles. The highest BCUT2D eigenvalue weighted by Crippen LogP contribution is 2.29. The van der Waals surface area contributed by atoms with Gasteiger partial charge in [0.15, 0.2) is 0 Å². The number of carbonyl (C=O) groups excluding carboxylic acids is 2. The number of halogens is 1. The number of nitrogens with zero attached hydrogens (tertiary/aromatic N) is 1. The summed E-state index contributed by atoms with van der Waals surface area (Å²) in [5, 5.41) is 9.15. The highest BCUT2D eigenvalue weighted by Gasteiger charge is 2.26. The Hall–Kier alpha value is -2.73. The van der Waals surface area contributed by atoms with Gasteiger partial charge in [0.1, 0.15) is 0 Å². The molecule has 3 N–H and O–H groups in total. The maximum atomic E-state index is 12.8. The molecule has 1 aliphatic heterocycles. The van der Waals surface area contributed by atoms with Gasteiger partial charge in [-0.05, 0) is 62.1 Å². The largest absolute Gasteiger partial charge is 0.371 e. The first-order chi connectivity index (χ1) is 13.6. The molecule has 0 unspecified atom stereocenters. The summed E-state index contributed by atoms with van der Waals surface area (Å²) >= 11 is 5.95. The second-order valence-electron chi connectivity index (χ2n) is 7.26. The molecular weight excluding hydrogens is 376 g/mol. The number of nitrogens with one attached hydrogen (secondary N) is 3. The third kappa shape index (κ3) is 4.57. The van der Waals surface area contributed by atoms with Crippen LogP contribution in [0.4, 0.5) is 21.9 Å². The summed E-state index contributed by atoms with van der Waals surface area (Å²) in [6, 6.07) is 12.3. The van der Waals surface area contributed by atoms with Crippen molar-refractivity contribution < 1.29 is 9.59 Å². The highest BCUT2D eigenvalue weighted by atomic mass is 35.5. The average molecular weight is 399 g/mol. The Balaban J connectivity index is 1.51. The maximum absolute atomic E-state index is 12.8. The van der Waals surface area contributed by atoms with Crippen molar-refractivity contribution >= 4 is 40.6 Å². The zero-order valence-electron chi connectivity index (χ0n) is 15.5. The number of anilines is 3. The van der Waals surface area contributed by atoms with Crippen LogP contribution in [0.5, 0.6) is 0 Å². The van der Waals surface area contributed by atoms with Crippen molar-refractivity contribution in [1.82, 2.24) is 5.32 Å². The van der Waals surface area contributed by atoms with E-state index in [0.29, 0.717) is 22.0 Å². The lowest BCUT2D eigenvalue weighted by Gasteiger charge is -2.22. The van der Waals surface area contributed by atoms with E-state index in [1.165, 1.54) is 0 Å². The highest BCUT2D eigenvalue weighted by molar-refractivity contribution is 6.30. The van der Waals surface area contributed by atoms with Crippen LogP contribution in [0, 0.1) is 0 Å². The third-order valence-electron chi connectivity index (χ3n) is 4.94. The summed E-state index contributed by atoms with van der Waals surface area (Å²) in [6.07, 6.45) is 4.33. The molecule has 146 valence electrons. The van der Waals surface area contributed by atoms with Crippen LogP contribution in [-0.4, -0.2) is 31.1 Å². The minimum atomic E-state index is -0.384. The molecule has 1 saturated heterocycles. The Kier molecular flexibility index (Phi) is 5.39. The minimum absolute atomic E-state index is 0.0803. The van der Waals surface area contributed by atoms with E-state index in [2.05, 4.69) is 20.9 Å². The van der Waals surface area contributed by atoms with E-state index in [-0.39, 0.29) is 18.0 Å². The molecule has 0 spiro atoms. The summed E-state index contributed by atoms with van der Waals surface area (Å²) in [6.45, 7) is 1.90. The molecule has 0 atom stereocenters. The summed E-state index contributed by atoms with van der Waals surface area (Å²) < 4.78 is 0. The molecule has 4 rings (SSSR count). The van der Waals surface area contributed by atoms with Crippen LogP contribution < -0.4 is 20.9 Å². The lowest BCUT2D eigenvalue weighted by Crippen LogP contribution is -2.29. The Bertz CT molecular complexity index is 892. The molecule has 7 heteroatoms. The molecule has 28 heavy (non-hydrogen) atoms. The molecule has 6 nitrogen and oxygen atoms in total. The maximum Gasteiger partial charge on any atom is 0.323 e. The topological polar surface area (TPSA) is 73.5 Å². The standard InChI is InChI=1S/C21H23ClN4O2/c22-14-4-3-5-16(12-14)24-21(28)25-17-8-9-19(26-10-1-2-11-26)18(13-17)20(27)23-15-6-7-15/h3-5,8-9,12-13,15H,1-2,6-7,10-11H2,(H,23,27)(H2,24,25,28). The number of rotatable bonds is 5. The molecule has 2 aliphatic rings. The predicted molar refractivity (Wildman–Crippen MR) is 112 cm³/mol. The van der Waals surface area contributed by atoms with E-state index in [1.54, 1.807) is 30.3 Å². The lowest BCUT2D eigenvalue weighted by molar-refractivity contribution is 0.0951. The van der Waals surface area contributed by atoms with Gasteiger partial charge in [0, 0.05) is 41.2 Å². The zero-order valence-corrected chi connectivity index (χ0v) is 16.3. The number of hydrogen-bond acceptors (Lipinski definition) is 3. The van der Waals surface area contributed by atoms with Gasteiger partial charge in [-0.25, -0.2) is 4.79 Å². The fourth-order valence-electron chi connectivity index (χ4n) is 3.38. The summed E-state index contributed by atoms with van der Waals surface area (Å²) in [4.78, 5) is 27.3. The van der Waals surface area contributed by atoms with E-state index in [0.717, 1.165) is 44.5 Å². The minimum Gasteiger partial charge on any atom is -0.371 e. The molecule has 1 aliphatic carbocycles. The molecule has 2 fully saturated rings. The zero-order chi connectivity index (χ0) is 19.5. The number of carbonyl (C=O) groups is 2. The van der Waals surface area contributed by atoms with E-state index < -0.39 is 0 Å². The molecule has 2 aromatic carbocycles. The Morgan fingerprint density at radius 1 is 0.964 bits per heavy atom. The average Bonchev–Trinajstić information content (AvgIpc) is 3.30. The molecule has 1 heterocycles. The fraction of sp³-hybridized carbons (Fsp3) is 0.333. The van der Waals surface area contributed by atoms with Crippen LogP contribution >= 0.6 is 11.6 Å². The van der Waals surface area contributed by atoms with Crippen LogP contribution in [0.25, 0.3) is 0 Å². The van der Waals surface area contributed by atoms with Crippen LogP contribution in [0.15, 0.2) is 42.5 Å². The predicted octanol–water partition coefficient (Wildman–Crippen LogP) is 4.48. The number of urea groups is 1. The second-order valence-corrected chi connectivity index (χ2v) is 7.70. The lowest BCUT2D eigenvalue weighted by atomic mass is 10.1. The van der Waals surface area contributed by atoms with Gasteiger partial charge in [-0.1, -0.05) is 17.7 Å². The van der Waals surface area contributed by atoms with E-state index >= 15 is 0 Å². The van der Waals surface area contributed by atoms with Crippen molar-refractivity contribution in [2.75, 3.05) is 28.6 Å². The van der Waals surface area contributed by atoms with Crippen LogP contribution in [0.3, 0.4) is 0 Å². The van der Waals surface area contributed by atoms with E-state index in [1.807, 2.05) is 12.1 Å². The van der Waals surface area contributed by atoms with E-state index in [4.69, 9.17) is 11.6 Å². The monoisotopic (exact) mass is 398 g/mol. The summed E-state index contributed by atoms with van der Waals surface area (Å²) in [5.74, 6) is -0.0803. The van der Waals surface area contributed by atoms with Gasteiger partial charge in [-0.3, -0.25) is 4.79 Å². The van der Waals surface area contributed by atoms with Gasteiger partial charge in [0.25, 0.3) is 5.91 Å². The SMILES string of the molecule is O=C(Nc1cccc(Cl)c1)Nc1ccc(N2CCCC2)c(C(=O)NC2CC2)c1. The quantitative estimate of drug-likeness (QED) is 0.695. The van der Waals surface area contributed by atoms with E-state index in [9.17, 15) is 9.59 Å². The molecule has 1 saturated carbocycles. The van der Waals surface area contributed by atoms with Crippen molar-refractivity contribution in [3.63, 3.8) is 0 Å². The van der Waals surface area contributed by atoms with Gasteiger partial charge in [-0.15, -0.1) is 0 Å². The van der Waals surface area contributed by atoms with Gasteiger partial charge in [0.05, 0.1) is 5.56 Å². The molecule has 3 amide bonds. The number of amides is 3. The van der Waals surface area contributed by atoms with Gasteiger partial charge < -0.3 is 20.9 Å². The van der Waals surface area contributed by atoms with Crippen molar-refractivity contribution in [2.24, 2.45) is 0 Å². The van der Waals surface area contributed by atoms with Crippen molar-refractivity contribution in [3.8, 4) is 0 Å². The first-order valence-electron chi connectivity index (χ1n) is 9.62. The van der Waals surface area contributed by atoms with Crippen LogP contribution in [0.2, 0.25) is 5.02 Å². The molecular formula is C21H23ClN4O2.